The number of Topliss-reactive ketones (excluding diaryl/α,β-unsaturated/α-hetero) is 1. The summed E-state index contributed by atoms with van der Waals surface area (Å²) in [5.74, 6) is 1.66. The van der Waals surface area contributed by atoms with Crippen LogP contribution in [0.4, 0.5) is 11.4 Å². The molecular weight excluding hydrogens is 424 g/mol. The molecule has 178 valence electrons. The lowest BCUT2D eigenvalue weighted by Gasteiger charge is -2.20. The molecule has 1 amide bonds. The van der Waals surface area contributed by atoms with Gasteiger partial charge in [0.2, 0.25) is 0 Å². The molecule has 2 aromatic carbocycles. The van der Waals surface area contributed by atoms with Crippen molar-refractivity contribution in [3.05, 3.63) is 59.2 Å². The lowest BCUT2D eigenvalue weighted by atomic mass is 9.85. The molecule has 1 heterocycles. The highest BCUT2D eigenvalue weighted by Crippen LogP contribution is 2.44. The van der Waals surface area contributed by atoms with Crippen LogP contribution in [0.15, 0.2) is 47.5 Å². The van der Waals surface area contributed by atoms with E-state index in [2.05, 4.69) is 20.9 Å². The van der Waals surface area contributed by atoms with Gasteiger partial charge < -0.3 is 10.6 Å². The first-order valence-electron chi connectivity index (χ1n) is 12.8. The number of hydrogen-bond acceptors (Lipinski definition) is 5. The zero-order valence-electron chi connectivity index (χ0n) is 19.7. The van der Waals surface area contributed by atoms with Crippen LogP contribution in [0.5, 0.6) is 0 Å². The summed E-state index contributed by atoms with van der Waals surface area (Å²) in [7, 11) is 0. The van der Waals surface area contributed by atoms with Gasteiger partial charge >= 0.3 is 0 Å². The number of nitrogens with zero attached hydrogens (tertiary/aromatic N) is 1. The second-order valence-corrected chi connectivity index (χ2v) is 9.88. The van der Waals surface area contributed by atoms with Crippen molar-refractivity contribution >= 4 is 29.0 Å². The van der Waals surface area contributed by atoms with Crippen molar-refractivity contribution in [1.82, 2.24) is 10.6 Å². The highest BCUT2D eigenvalue weighted by molar-refractivity contribution is 6.06. The molecule has 2 aromatic rings. The Morgan fingerprint density at radius 2 is 1.79 bits per heavy atom. The highest BCUT2D eigenvalue weighted by atomic mass is 16.2. The maximum atomic E-state index is 12.9. The molecule has 0 spiro atoms. The van der Waals surface area contributed by atoms with Gasteiger partial charge in [0, 0.05) is 42.0 Å². The summed E-state index contributed by atoms with van der Waals surface area (Å²) in [6, 6.07) is 13.7. The van der Waals surface area contributed by atoms with E-state index in [-0.39, 0.29) is 11.7 Å². The van der Waals surface area contributed by atoms with Crippen molar-refractivity contribution in [2.45, 2.75) is 63.7 Å². The largest absolute Gasteiger partial charge is 0.356 e. The van der Waals surface area contributed by atoms with Crippen molar-refractivity contribution < 1.29 is 9.59 Å². The average Bonchev–Trinajstić information content (AvgIpc) is 3.71. The van der Waals surface area contributed by atoms with Crippen molar-refractivity contribution in [1.29, 1.82) is 0 Å². The van der Waals surface area contributed by atoms with Gasteiger partial charge in [-0.1, -0.05) is 44.2 Å². The Kier molecular flexibility index (Phi) is 6.93. The summed E-state index contributed by atoms with van der Waals surface area (Å²) in [6.45, 7) is 1.57. The SMILES string of the molecule is O=C(CC1CCCCC1)c1cccc(Nc2ccc(C(=O)NC3=NCCCN3)cc2C2CC2)c1. The van der Waals surface area contributed by atoms with Gasteiger partial charge in [-0.2, -0.15) is 0 Å². The minimum Gasteiger partial charge on any atom is -0.356 e. The van der Waals surface area contributed by atoms with Crippen LogP contribution in [0.2, 0.25) is 0 Å². The topological polar surface area (TPSA) is 82.6 Å². The molecule has 0 saturated heterocycles. The molecule has 1 aliphatic heterocycles. The summed E-state index contributed by atoms with van der Waals surface area (Å²) in [6.07, 6.45) is 10.1. The van der Waals surface area contributed by atoms with Gasteiger partial charge in [-0.3, -0.25) is 19.9 Å². The van der Waals surface area contributed by atoms with E-state index in [0.717, 1.165) is 54.9 Å². The van der Waals surface area contributed by atoms with E-state index in [0.29, 0.717) is 29.8 Å². The fourth-order valence-corrected chi connectivity index (χ4v) is 5.04. The molecule has 6 nitrogen and oxygen atoms in total. The predicted octanol–water partition coefficient (Wildman–Crippen LogP) is 5.54. The molecule has 2 saturated carbocycles. The Bertz CT molecular complexity index is 1080. The van der Waals surface area contributed by atoms with Crippen molar-refractivity contribution in [2.75, 3.05) is 18.4 Å². The first kappa shape index (κ1) is 22.6. The van der Waals surface area contributed by atoms with Crippen molar-refractivity contribution in [3.8, 4) is 0 Å². The van der Waals surface area contributed by atoms with Crippen molar-refractivity contribution in [2.24, 2.45) is 10.9 Å². The molecule has 6 heteroatoms. The number of benzene rings is 2. The highest BCUT2D eigenvalue weighted by Gasteiger charge is 2.27. The third-order valence-corrected chi connectivity index (χ3v) is 7.12. The van der Waals surface area contributed by atoms with Gasteiger partial charge in [0.25, 0.3) is 5.91 Å². The van der Waals surface area contributed by atoms with E-state index in [9.17, 15) is 9.59 Å². The number of hydrogen-bond donors (Lipinski definition) is 3. The Balaban J connectivity index is 1.29. The minimum atomic E-state index is -0.142. The van der Waals surface area contributed by atoms with Crippen molar-refractivity contribution in [3.63, 3.8) is 0 Å². The lowest BCUT2D eigenvalue weighted by molar-refractivity contribution is 0.0947. The molecule has 34 heavy (non-hydrogen) atoms. The number of carbonyl (C=O) groups excluding carboxylic acids is 2. The smallest absolute Gasteiger partial charge is 0.257 e. The molecule has 3 aliphatic rings. The average molecular weight is 459 g/mol. The zero-order valence-corrected chi connectivity index (χ0v) is 19.7. The monoisotopic (exact) mass is 458 g/mol. The van der Waals surface area contributed by atoms with Gasteiger partial charge in [-0.25, -0.2) is 0 Å². The van der Waals surface area contributed by atoms with Crippen LogP contribution in [-0.2, 0) is 0 Å². The van der Waals surface area contributed by atoms with E-state index < -0.39 is 0 Å². The van der Waals surface area contributed by atoms with E-state index in [4.69, 9.17) is 0 Å². The second-order valence-electron chi connectivity index (χ2n) is 9.88. The molecular formula is C28H34N4O2. The fraction of sp³-hybridized carbons (Fsp3) is 0.464. The summed E-state index contributed by atoms with van der Waals surface area (Å²) in [5.41, 5.74) is 4.49. The molecule has 0 radical (unpaired) electrons. The molecule has 3 N–H and O–H groups in total. The van der Waals surface area contributed by atoms with E-state index >= 15 is 0 Å². The van der Waals surface area contributed by atoms with E-state index in [1.54, 1.807) is 0 Å². The van der Waals surface area contributed by atoms with Crippen LogP contribution in [-0.4, -0.2) is 30.7 Å². The van der Waals surface area contributed by atoms with E-state index in [1.807, 2.05) is 42.5 Å². The summed E-state index contributed by atoms with van der Waals surface area (Å²) < 4.78 is 0. The number of guanidine groups is 1. The number of ketones is 1. The number of anilines is 2. The maximum absolute atomic E-state index is 12.9. The Hall–Kier alpha value is -3.15. The first-order chi connectivity index (χ1) is 16.7. The summed E-state index contributed by atoms with van der Waals surface area (Å²) in [5, 5.41) is 9.54. The van der Waals surface area contributed by atoms with Gasteiger partial charge in [-0.05, 0) is 67.0 Å². The normalized spacial score (nSPS) is 18.5. The maximum Gasteiger partial charge on any atom is 0.257 e. The fourth-order valence-electron chi connectivity index (χ4n) is 5.04. The number of amides is 1. The number of carbonyl (C=O) groups is 2. The van der Waals surface area contributed by atoms with Gasteiger partial charge in [-0.15, -0.1) is 0 Å². The third-order valence-electron chi connectivity index (χ3n) is 7.12. The molecule has 5 rings (SSSR count). The minimum absolute atomic E-state index is 0.142. The molecule has 0 bridgehead atoms. The molecule has 2 aliphatic carbocycles. The second kappa shape index (κ2) is 10.4. The van der Waals surface area contributed by atoms with Gasteiger partial charge in [0.1, 0.15) is 0 Å². The molecule has 2 fully saturated rings. The zero-order chi connectivity index (χ0) is 23.3. The van der Waals surface area contributed by atoms with Crippen LogP contribution in [0.3, 0.4) is 0 Å². The van der Waals surface area contributed by atoms with Crippen LogP contribution >= 0.6 is 0 Å². The van der Waals surface area contributed by atoms with Crippen LogP contribution in [0, 0.1) is 5.92 Å². The predicted molar refractivity (Wildman–Crippen MR) is 136 cm³/mol. The Morgan fingerprint density at radius 1 is 0.941 bits per heavy atom. The Morgan fingerprint density at radius 3 is 2.56 bits per heavy atom. The van der Waals surface area contributed by atoms with Crippen LogP contribution in [0.25, 0.3) is 0 Å². The number of rotatable bonds is 7. The molecule has 0 aromatic heterocycles. The number of nitrogens with one attached hydrogen (secondary N) is 3. The summed E-state index contributed by atoms with van der Waals surface area (Å²) in [4.78, 5) is 30.0. The van der Waals surface area contributed by atoms with Crippen LogP contribution in [0.1, 0.15) is 90.0 Å². The summed E-state index contributed by atoms with van der Waals surface area (Å²) >= 11 is 0. The third kappa shape index (κ3) is 5.66. The van der Waals surface area contributed by atoms with Gasteiger partial charge in [0.15, 0.2) is 11.7 Å². The lowest BCUT2D eigenvalue weighted by Crippen LogP contribution is -2.43. The molecule has 0 atom stereocenters. The standard InChI is InChI=1S/C28H34N4O2/c33-26(16-19-6-2-1-3-7-19)21-8-4-9-23(17-21)31-25-13-12-22(18-24(25)20-10-11-20)27(34)32-28-29-14-5-15-30-28/h4,8-9,12-13,17-20,31H,1-3,5-7,10-11,14-16H2,(H2,29,30,32,34). The quantitative estimate of drug-likeness (QED) is 0.476. The van der Waals surface area contributed by atoms with Crippen LogP contribution < -0.4 is 16.0 Å². The van der Waals surface area contributed by atoms with E-state index in [1.165, 1.54) is 32.1 Å². The Labute approximate surface area is 201 Å². The molecule has 0 unspecified atom stereocenters. The van der Waals surface area contributed by atoms with Gasteiger partial charge in [0.05, 0.1) is 0 Å². The first-order valence-corrected chi connectivity index (χ1v) is 12.8. The number of aliphatic imine (C=N–C) groups is 1.